The van der Waals surface area contributed by atoms with E-state index in [-0.39, 0.29) is 17.3 Å². The van der Waals surface area contributed by atoms with Crippen molar-refractivity contribution in [3.8, 4) is 0 Å². The van der Waals surface area contributed by atoms with Gasteiger partial charge in [-0.3, -0.25) is 4.18 Å². The highest BCUT2D eigenvalue weighted by atomic mass is 32.2. The fourth-order valence-electron chi connectivity index (χ4n) is 2.18. The lowest BCUT2D eigenvalue weighted by molar-refractivity contribution is -0.392. The first-order valence-electron chi connectivity index (χ1n) is 7.48. The van der Waals surface area contributed by atoms with Crippen LogP contribution in [0.25, 0.3) is 0 Å². The number of nitrogens with zero attached hydrogens (tertiary/aromatic N) is 3. The van der Waals surface area contributed by atoms with Gasteiger partial charge in [-0.1, -0.05) is 24.6 Å². The van der Waals surface area contributed by atoms with E-state index in [1.165, 1.54) is 23.0 Å². The van der Waals surface area contributed by atoms with Crippen molar-refractivity contribution in [2.75, 3.05) is 0 Å². The van der Waals surface area contributed by atoms with E-state index in [1.807, 2.05) is 6.92 Å². The van der Waals surface area contributed by atoms with E-state index in [2.05, 4.69) is 4.98 Å². The molecular formula is C15H19N3O5S. The maximum Gasteiger partial charge on any atom is 0.342 e. The summed E-state index contributed by atoms with van der Waals surface area (Å²) < 4.78 is 31.2. The summed E-state index contributed by atoms with van der Waals surface area (Å²) in [6.45, 7) is 3.92. The molecule has 2 aromatic rings. The van der Waals surface area contributed by atoms with E-state index in [4.69, 9.17) is 4.18 Å². The first-order valence-corrected chi connectivity index (χ1v) is 8.88. The molecule has 1 unspecified atom stereocenters. The second-order valence-electron chi connectivity index (χ2n) is 5.38. The minimum atomic E-state index is -3.86. The minimum Gasteiger partial charge on any atom is -0.358 e. The molecule has 0 spiro atoms. The number of aryl methyl sites for hydroxylation is 2. The average molecular weight is 353 g/mol. The molecule has 0 N–H and O–H groups in total. The predicted molar refractivity (Wildman–Crippen MR) is 87.0 cm³/mol. The lowest BCUT2D eigenvalue weighted by atomic mass is 10.2. The first kappa shape index (κ1) is 18.1. The fraction of sp³-hybridized carbons (Fsp3) is 0.400. The van der Waals surface area contributed by atoms with Gasteiger partial charge < -0.3 is 10.1 Å². The lowest BCUT2D eigenvalue weighted by Gasteiger charge is -2.15. The third-order valence-corrected chi connectivity index (χ3v) is 4.97. The Labute approximate surface area is 140 Å². The second-order valence-corrected chi connectivity index (χ2v) is 6.96. The quantitative estimate of drug-likeness (QED) is 0.410. The monoisotopic (exact) mass is 353 g/mol. The highest BCUT2D eigenvalue weighted by molar-refractivity contribution is 7.86. The predicted octanol–water partition coefficient (Wildman–Crippen LogP) is 2.67. The summed E-state index contributed by atoms with van der Waals surface area (Å²) in [5.74, 6) is -0.133. The fourth-order valence-corrected chi connectivity index (χ4v) is 3.35. The second kappa shape index (κ2) is 7.54. The summed E-state index contributed by atoms with van der Waals surface area (Å²) in [6.07, 6.45) is 2.72. The normalized spacial score (nSPS) is 12.9. The summed E-state index contributed by atoms with van der Waals surface area (Å²) in [7, 11) is -3.86. The molecule has 0 amide bonds. The number of imidazole rings is 1. The lowest BCUT2D eigenvalue weighted by Crippen LogP contribution is -2.20. The average Bonchev–Trinajstić information content (AvgIpc) is 3.00. The number of aromatic nitrogens is 2. The Morgan fingerprint density at radius 3 is 2.58 bits per heavy atom. The van der Waals surface area contributed by atoms with Crippen LogP contribution >= 0.6 is 0 Å². The zero-order chi connectivity index (χ0) is 17.7. The van der Waals surface area contributed by atoms with E-state index >= 15 is 0 Å². The first-order chi connectivity index (χ1) is 11.3. The number of benzene rings is 1. The summed E-state index contributed by atoms with van der Waals surface area (Å²) in [6, 6.07) is 6.40. The molecule has 1 aromatic heterocycles. The van der Waals surface area contributed by atoms with Crippen LogP contribution in [-0.2, 0) is 20.8 Å². The molecule has 0 saturated carbocycles. The van der Waals surface area contributed by atoms with Gasteiger partial charge in [0, 0.05) is 6.42 Å². The van der Waals surface area contributed by atoms with Gasteiger partial charge >= 0.3 is 5.82 Å². The maximum atomic E-state index is 12.3. The molecule has 1 aromatic carbocycles. The molecule has 2 rings (SSSR count). The smallest absolute Gasteiger partial charge is 0.342 e. The van der Waals surface area contributed by atoms with Crippen molar-refractivity contribution in [3.63, 3.8) is 0 Å². The Morgan fingerprint density at radius 2 is 2.00 bits per heavy atom. The van der Waals surface area contributed by atoms with Crippen molar-refractivity contribution in [1.29, 1.82) is 0 Å². The molecule has 8 nitrogen and oxygen atoms in total. The van der Waals surface area contributed by atoms with E-state index in [9.17, 15) is 18.5 Å². The Morgan fingerprint density at radius 1 is 1.33 bits per heavy atom. The summed E-state index contributed by atoms with van der Waals surface area (Å²) in [5, 5.41) is 10.9. The largest absolute Gasteiger partial charge is 0.358 e. The molecule has 130 valence electrons. The van der Waals surface area contributed by atoms with Crippen LogP contribution in [0.1, 0.15) is 25.3 Å². The van der Waals surface area contributed by atoms with E-state index in [0.29, 0.717) is 12.8 Å². The van der Waals surface area contributed by atoms with Gasteiger partial charge in [0.05, 0.1) is 17.5 Å². The topological polar surface area (TPSA) is 104 Å². The third kappa shape index (κ3) is 4.39. The van der Waals surface area contributed by atoms with E-state index < -0.39 is 21.1 Å². The van der Waals surface area contributed by atoms with Gasteiger partial charge in [0.2, 0.25) is 0 Å². The van der Waals surface area contributed by atoms with Crippen LogP contribution in [0, 0.1) is 17.0 Å². The molecule has 0 bridgehead atoms. The van der Waals surface area contributed by atoms with Crippen LogP contribution in [0.2, 0.25) is 0 Å². The third-order valence-electron chi connectivity index (χ3n) is 3.60. The summed E-state index contributed by atoms with van der Waals surface area (Å²) in [4.78, 5) is 14.2. The molecule has 0 saturated heterocycles. The molecule has 0 aliphatic rings. The Balaban J connectivity index is 2.05. The van der Waals surface area contributed by atoms with Crippen LogP contribution in [0.5, 0.6) is 0 Å². The minimum absolute atomic E-state index is 0.0974. The molecule has 0 radical (unpaired) electrons. The zero-order valence-corrected chi connectivity index (χ0v) is 14.3. The van der Waals surface area contributed by atoms with Gasteiger partial charge in [0.25, 0.3) is 10.1 Å². The number of hydrogen-bond donors (Lipinski definition) is 0. The van der Waals surface area contributed by atoms with Crippen LogP contribution < -0.4 is 0 Å². The van der Waals surface area contributed by atoms with Gasteiger partial charge in [0.1, 0.15) is 6.20 Å². The van der Waals surface area contributed by atoms with Crippen molar-refractivity contribution in [1.82, 2.24) is 9.55 Å². The van der Waals surface area contributed by atoms with E-state index in [0.717, 1.165) is 11.8 Å². The molecular weight excluding hydrogens is 334 g/mol. The van der Waals surface area contributed by atoms with Crippen LogP contribution in [0.15, 0.2) is 41.7 Å². The van der Waals surface area contributed by atoms with Crippen LogP contribution in [0.3, 0.4) is 0 Å². The molecule has 0 aliphatic carbocycles. The maximum absolute atomic E-state index is 12.3. The van der Waals surface area contributed by atoms with Crippen LogP contribution in [-0.4, -0.2) is 29.0 Å². The van der Waals surface area contributed by atoms with Crippen molar-refractivity contribution in [2.24, 2.45) is 0 Å². The summed E-state index contributed by atoms with van der Waals surface area (Å²) in [5.41, 5.74) is 0.952. The Hall–Kier alpha value is -2.26. The standard InChI is InChI=1S/C15H19N3O5S/c1-3-13(8-9-17-11-16-10-15(17)18(19)20)23-24(21,22)14-6-4-12(2)5-7-14/h4-7,10-11,13H,3,8-9H2,1-2H3. The number of rotatable bonds is 8. The van der Waals surface area contributed by atoms with Gasteiger partial charge in [-0.25, -0.2) is 9.55 Å². The molecule has 1 heterocycles. The van der Waals surface area contributed by atoms with Crippen LogP contribution in [0.4, 0.5) is 5.82 Å². The van der Waals surface area contributed by atoms with Crippen molar-refractivity contribution in [3.05, 3.63) is 52.5 Å². The highest BCUT2D eigenvalue weighted by Gasteiger charge is 2.22. The van der Waals surface area contributed by atoms with Crippen molar-refractivity contribution >= 4 is 15.9 Å². The van der Waals surface area contributed by atoms with E-state index in [1.54, 1.807) is 19.1 Å². The molecule has 9 heteroatoms. The number of nitro groups is 1. The molecule has 0 fully saturated rings. The highest BCUT2D eigenvalue weighted by Crippen LogP contribution is 2.19. The SMILES string of the molecule is CCC(CCn1cncc1[N+](=O)[O-])OS(=O)(=O)c1ccc(C)cc1. The van der Waals surface area contributed by atoms with Gasteiger partial charge in [0.15, 0.2) is 6.33 Å². The van der Waals surface area contributed by atoms with Gasteiger partial charge in [-0.2, -0.15) is 8.42 Å². The zero-order valence-electron chi connectivity index (χ0n) is 13.5. The number of hydrogen-bond acceptors (Lipinski definition) is 6. The molecule has 24 heavy (non-hydrogen) atoms. The van der Waals surface area contributed by atoms with Gasteiger partial charge in [-0.15, -0.1) is 0 Å². The molecule has 0 aliphatic heterocycles. The summed E-state index contributed by atoms with van der Waals surface area (Å²) >= 11 is 0. The Bertz CT molecular complexity index is 799. The van der Waals surface area contributed by atoms with Crippen molar-refractivity contribution < 1.29 is 17.5 Å². The van der Waals surface area contributed by atoms with Crippen molar-refractivity contribution in [2.45, 2.75) is 44.2 Å². The molecule has 1 atom stereocenters. The van der Waals surface area contributed by atoms with Gasteiger partial charge in [-0.05, 0) is 30.4 Å². The Kier molecular flexibility index (Phi) is 5.68.